The average molecular weight is 298 g/mol. The predicted octanol–water partition coefficient (Wildman–Crippen LogP) is 1.52. The first-order valence-corrected chi connectivity index (χ1v) is 6.52. The van der Waals surface area contributed by atoms with E-state index in [9.17, 15) is 4.79 Å². The number of aromatic nitrogens is 2. The Morgan fingerprint density at radius 3 is 3.00 bits per heavy atom. The lowest BCUT2D eigenvalue weighted by molar-refractivity contribution is -0.138. The second-order valence-electron chi connectivity index (χ2n) is 4.44. The molecule has 2 aromatic rings. The zero-order valence-corrected chi connectivity index (χ0v) is 11.9. The van der Waals surface area contributed by atoms with E-state index in [0.29, 0.717) is 24.7 Å². The Hall–Kier alpha value is -1.63. The SMILES string of the molecule is COCCN(CC(=O)O)Cc1cn2cc(Cl)ccc2n1. The average Bonchev–Trinajstić information content (AvgIpc) is 2.76. The van der Waals surface area contributed by atoms with Gasteiger partial charge in [0, 0.05) is 32.6 Å². The molecular formula is C13H16ClN3O3. The predicted molar refractivity (Wildman–Crippen MR) is 75.0 cm³/mol. The maximum absolute atomic E-state index is 10.9. The standard InChI is InChI=1S/C13H16ClN3O3/c1-20-5-4-16(9-13(18)19)7-11-8-17-6-10(14)2-3-12(17)15-11/h2-3,6,8H,4-5,7,9H2,1H3,(H,18,19). The highest BCUT2D eigenvalue weighted by molar-refractivity contribution is 6.30. The van der Waals surface area contributed by atoms with Crippen LogP contribution in [0, 0.1) is 0 Å². The number of halogens is 1. The largest absolute Gasteiger partial charge is 0.480 e. The number of aliphatic carboxylic acids is 1. The molecule has 0 radical (unpaired) electrons. The summed E-state index contributed by atoms with van der Waals surface area (Å²) in [4.78, 5) is 17.1. The molecule has 0 saturated carbocycles. The maximum Gasteiger partial charge on any atom is 0.317 e. The quantitative estimate of drug-likeness (QED) is 0.839. The fourth-order valence-corrected chi connectivity index (χ4v) is 2.12. The molecule has 7 heteroatoms. The van der Waals surface area contributed by atoms with E-state index in [4.69, 9.17) is 21.4 Å². The molecule has 0 spiro atoms. The van der Waals surface area contributed by atoms with Crippen molar-refractivity contribution >= 4 is 23.2 Å². The van der Waals surface area contributed by atoms with Crippen LogP contribution < -0.4 is 0 Å². The summed E-state index contributed by atoms with van der Waals surface area (Å²) in [6.07, 6.45) is 3.62. The van der Waals surface area contributed by atoms with Crippen LogP contribution in [0.2, 0.25) is 5.02 Å². The highest BCUT2D eigenvalue weighted by atomic mass is 35.5. The Kier molecular flexibility index (Phi) is 4.94. The van der Waals surface area contributed by atoms with E-state index in [2.05, 4.69) is 4.98 Å². The molecule has 0 amide bonds. The molecule has 0 aliphatic heterocycles. The van der Waals surface area contributed by atoms with E-state index in [0.717, 1.165) is 11.3 Å². The first kappa shape index (κ1) is 14.8. The van der Waals surface area contributed by atoms with Crippen LogP contribution in [-0.4, -0.2) is 52.2 Å². The van der Waals surface area contributed by atoms with Crippen molar-refractivity contribution in [2.24, 2.45) is 0 Å². The highest BCUT2D eigenvalue weighted by Crippen LogP contribution is 2.12. The van der Waals surface area contributed by atoms with Crippen LogP contribution in [0.15, 0.2) is 24.5 Å². The van der Waals surface area contributed by atoms with Gasteiger partial charge in [-0.1, -0.05) is 11.6 Å². The lowest BCUT2D eigenvalue weighted by atomic mass is 10.4. The van der Waals surface area contributed by atoms with Crippen molar-refractivity contribution in [3.8, 4) is 0 Å². The van der Waals surface area contributed by atoms with Crippen molar-refractivity contribution < 1.29 is 14.6 Å². The maximum atomic E-state index is 10.9. The van der Waals surface area contributed by atoms with E-state index < -0.39 is 5.97 Å². The van der Waals surface area contributed by atoms with Gasteiger partial charge in [-0.25, -0.2) is 4.98 Å². The van der Waals surface area contributed by atoms with Crippen molar-refractivity contribution in [1.82, 2.24) is 14.3 Å². The molecule has 0 fully saturated rings. The number of carboxylic acids is 1. The fraction of sp³-hybridized carbons (Fsp3) is 0.385. The molecule has 2 aromatic heterocycles. The van der Waals surface area contributed by atoms with Crippen LogP contribution in [0.25, 0.3) is 5.65 Å². The molecule has 1 N–H and O–H groups in total. The molecule has 0 aromatic carbocycles. The molecule has 0 unspecified atom stereocenters. The lowest BCUT2D eigenvalue weighted by Crippen LogP contribution is -2.32. The molecular weight excluding hydrogens is 282 g/mol. The van der Waals surface area contributed by atoms with Gasteiger partial charge in [-0.3, -0.25) is 9.69 Å². The lowest BCUT2D eigenvalue weighted by Gasteiger charge is -2.18. The molecule has 2 rings (SSSR count). The second-order valence-corrected chi connectivity index (χ2v) is 4.88. The Bertz CT molecular complexity index is 600. The van der Waals surface area contributed by atoms with Crippen molar-refractivity contribution in [3.05, 3.63) is 35.2 Å². The number of carboxylic acid groups (broad SMARTS) is 1. The van der Waals surface area contributed by atoms with Gasteiger partial charge in [0.05, 0.1) is 23.9 Å². The molecule has 0 aliphatic carbocycles. The van der Waals surface area contributed by atoms with Crippen molar-refractivity contribution in [2.75, 3.05) is 26.8 Å². The van der Waals surface area contributed by atoms with Gasteiger partial charge in [0.15, 0.2) is 0 Å². The highest BCUT2D eigenvalue weighted by Gasteiger charge is 2.12. The van der Waals surface area contributed by atoms with Gasteiger partial charge in [0.2, 0.25) is 0 Å². The van der Waals surface area contributed by atoms with E-state index in [1.165, 1.54) is 0 Å². The summed E-state index contributed by atoms with van der Waals surface area (Å²) in [5.41, 5.74) is 1.58. The molecule has 2 heterocycles. The summed E-state index contributed by atoms with van der Waals surface area (Å²) < 4.78 is 6.81. The molecule has 108 valence electrons. The van der Waals surface area contributed by atoms with Gasteiger partial charge in [-0.15, -0.1) is 0 Å². The van der Waals surface area contributed by atoms with Crippen LogP contribution in [0.1, 0.15) is 5.69 Å². The van der Waals surface area contributed by atoms with Gasteiger partial charge in [-0.05, 0) is 12.1 Å². The number of pyridine rings is 1. The zero-order valence-electron chi connectivity index (χ0n) is 11.1. The van der Waals surface area contributed by atoms with Crippen molar-refractivity contribution in [2.45, 2.75) is 6.54 Å². The summed E-state index contributed by atoms with van der Waals surface area (Å²) in [6.45, 7) is 1.43. The Balaban J connectivity index is 2.12. The summed E-state index contributed by atoms with van der Waals surface area (Å²) in [5, 5.41) is 9.54. The first-order chi connectivity index (χ1) is 9.58. The molecule has 6 nitrogen and oxygen atoms in total. The third-order valence-corrected chi connectivity index (χ3v) is 3.04. The number of fused-ring (bicyclic) bond motifs is 1. The van der Waals surface area contributed by atoms with Crippen molar-refractivity contribution in [1.29, 1.82) is 0 Å². The van der Waals surface area contributed by atoms with Gasteiger partial charge in [-0.2, -0.15) is 0 Å². The first-order valence-electron chi connectivity index (χ1n) is 6.14. The van der Waals surface area contributed by atoms with Crippen LogP contribution in [0.3, 0.4) is 0 Å². The number of methoxy groups -OCH3 is 1. The summed E-state index contributed by atoms with van der Waals surface area (Å²) in [6, 6.07) is 3.59. The zero-order chi connectivity index (χ0) is 14.5. The third-order valence-electron chi connectivity index (χ3n) is 2.82. The van der Waals surface area contributed by atoms with Crippen LogP contribution in [0.5, 0.6) is 0 Å². The van der Waals surface area contributed by atoms with Gasteiger partial charge in [0.1, 0.15) is 5.65 Å². The minimum atomic E-state index is -0.868. The summed E-state index contributed by atoms with van der Waals surface area (Å²) in [5.74, 6) is -0.868. The van der Waals surface area contributed by atoms with Gasteiger partial charge < -0.3 is 14.2 Å². The van der Waals surface area contributed by atoms with Crippen LogP contribution >= 0.6 is 11.6 Å². The van der Waals surface area contributed by atoms with E-state index in [1.807, 2.05) is 16.7 Å². The number of hydrogen-bond acceptors (Lipinski definition) is 4. The minimum absolute atomic E-state index is 0.0437. The van der Waals surface area contributed by atoms with Gasteiger partial charge >= 0.3 is 5.97 Å². The number of hydrogen-bond donors (Lipinski definition) is 1. The fourth-order valence-electron chi connectivity index (χ4n) is 1.95. The molecule has 0 aliphatic rings. The van der Waals surface area contributed by atoms with Crippen molar-refractivity contribution in [3.63, 3.8) is 0 Å². The van der Waals surface area contributed by atoms with Crippen LogP contribution in [0.4, 0.5) is 0 Å². The minimum Gasteiger partial charge on any atom is -0.480 e. The summed E-state index contributed by atoms with van der Waals surface area (Å²) >= 11 is 5.92. The Morgan fingerprint density at radius 1 is 1.50 bits per heavy atom. The van der Waals surface area contributed by atoms with Crippen LogP contribution in [-0.2, 0) is 16.1 Å². The monoisotopic (exact) mass is 297 g/mol. The number of nitrogens with zero attached hydrogens (tertiary/aromatic N) is 3. The summed E-state index contributed by atoms with van der Waals surface area (Å²) in [7, 11) is 1.59. The molecule has 0 atom stereocenters. The molecule has 0 saturated heterocycles. The van der Waals surface area contributed by atoms with E-state index in [1.54, 1.807) is 24.3 Å². The molecule has 0 bridgehead atoms. The third kappa shape index (κ3) is 3.93. The smallest absolute Gasteiger partial charge is 0.317 e. The Labute approximate surface area is 121 Å². The number of imidazole rings is 1. The number of ether oxygens (including phenoxy) is 1. The molecule has 20 heavy (non-hydrogen) atoms. The normalized spacial score (nSPS) is 11.3. The Morgan fingerprint density at radius 2 is 2.30 bits per heavy atom. The van der Waals surface area contributed by atoms with E-state index >= 15 is 0 Å². The number of carbonyl (C=O) groups is 1. The van der Waals surface area contributed by atoms with Gasteiger partial charge in [0.25, 0.3) is 0 Å². The topological polar surface area (TPSA) is 67.1 Å². The number of rotatable bonds is 7. The van der Waals surface area contributed by atoms with E-state index in [-0.39, 0.29) is 6.54 Å². The second kappa shape index (κ2) is 6.69.